The third-order valence-corrected chi connectivity index (χ3v) is 6.84. The van der Waals surface area contributed by atoms with Crippen molar-refractivity contribution in [3.05, 3.63) is 92.3 Å². The molecule has 10 heteroatoms. The SMILES string of the molecule is CCc1cc(C(=O)c2ccccc2Cl)c(-n2c(C)nnc2COC(=O)Nc2ccc(Cl)cc2)s1. The maximum Gasteiger partial charge on any atom is 0.412 e. The van der Waals surface area contributed by atoms with Crippen LogP contribution < -0.4 is 5.32 Å². The van der Waals surface area contributed by atoms with Gasteiger partial charge in [0.2, 0.25) is 0 Å². The number of ether oxygens (including phenoxy) is 1. The molecule has 0 bridgehead atoms. The third-order valence-electron chi connectivity index (χ3n) is 4.99. The first kappa shape index (κ1) is 23.9. The summed E-state index contributed by atoms with van der Waals surface area (Å²) in [6.07, 6.45) is 0.103. The summed E-state index contributed by atoms with van der Waals surface area (Å²) >= 11 is 13.6. The largest absolute Gasteiger partial charge is 0.441 e. The van der Waals surface area contributed by atoms with Crippen molar-refractivity contribution in [2.24, 2.45) is 0 Å². The number of hydrogen-bond acceptors (Lipinski definition) is 6. The number of rotatable bonds is 7. The quantitative estimate of drug-likeness (QED) is 0.285. The van der Waals surface area contributed by atoms with Crippen LogP contribution in [0, 0.1) is 6.92 Å². The molecule has 174 valence electrons. The number of anilines is 1. The van der Waals surface area contributed by atoms with Gasteiger partial charge in [0.1, 0.15) is 10.8 Å². The minimum absolute atomic E-state index is 0.140. The standard InChI is InChI=1S/C24H20Cl2N4O3S/c1-3-17-12-19(22(31)18-6-4-5-7-20(18)26)23(34-17)30-14(2)28-29-21(30)13-33-24(32)27-16-10-8-15(25)9-11-16/h4-12H,3,13H2,1-2H3,(H,27,32). The zero-order valence-electron chi connectivity index (χ0n) is 18.3. The molecular formula is C24H20Cl2N4O3S. The van der Waals surface area contributed by atoms with E-state index in [0.29, 0.717) is 43.5 Å². The van der Waals surface area contributed by atoms with Crippen LogP contribution in [0.4, 0.5) is 10.5 Å². The Balaban J connectivity index is 1.61. The molecule has 0 fully saturated rings. The Hall–Kier alpha value is -3.20. The number of carbonyl (C=O) groups is 2. The lowest BCUT2D eigenvalue weighted by Crippen LogP contribution is -2.16. The zero-order chi connectivity index (χ0) is 24.2. The molecule has 0 aliphatic heterocycles. The van der Waals surface area contributed by atoms with Gasteiger partial charge >= 0.3 is 6.09 Å². The molecule has 7 nitrogen and oxygen atoms in total. The van der Waals surface area contributed by atoms with Gasteiger partial charge in [-0.15, -0.1) is 21.5 Å². The number of benzene rings is 2. The first-order chi connectivity index (χ1) is 16.4. The van der Waals surface area contributed by atoms with E-state index in [2.05, 4.69) is 15.5 Å². The van der Waals surface area contributed by atoms with Crippen LogP contribution in [-0.4, -0.2) is 26.6 Å². The summed E-state index contributed by atoms with van der Waals surface area (Å²) in [7, 11) is 0. The van der Waals surface area contributed by atoms with E-state index in [9.17, 15) is 9.59 Å². The lowest BCUT2D eigenvalue weighted by atomic mass is 10.0. The number of nitrogens with one attached hydrogen (secondary N) is 1. The molecule has 0 saturated carbocycles. The van der Waals surface area contributed by atoms with Crippen molar-refractivity contribution < 1.29 is 14.3 Å². The molecule has 0 aliphatic carbocycles. The Morgan fingerprint density at radius 1 is 1.06 bits per heavy atom. The number of carbonyl (C=O) groups excluding carboxylic acids is 2. The minimum atomic E-state index is -0.651. The van der Waals surface area contributed by atoms with Crippen molar-refractivity contribution in [2.45, 2.75) is 26.9 Å². The maximum atomic E-state index is 13.4. The average molecular weight is 515 g/mol. The van der Waals surface area contributed by atoms with Crippen LogP contribution in [0.15, 0.2) is 54.6 Å². The van der Waals surface area contributed by atoms with E-state index in [0.717, 1.165) is 11.3 Å². The molecular weight excluding hydrogens is 495 g/mol. The van der Waals surface area contributed by atoms with Gasteiger partial charge < -0.3 is 4.74 Å². The van der Waals surface area contributed by atoms with Gasteiger partial charge in [0.25, 0.3) is 0 Å². The van der Waals surface area contributed by atoms with Gasteiger partial charge in [0, 0.05) is 21.2 Å². The van der Waals surface area contributed by atoms with E-state index in [1.165, 1.54) is 11.3 Å². The monoisotopic (exact) mass is 514 g/mol. The molecule has 0 atom stereocenters. The highest BCUT2D eigenvalue weighted by Crippen LogP contribution is 2.32. The molecule has 0 aliphatic rings. The Morgan fingerprint density at radius 3 is 2.50 bits per heavy atom. The van der Waals surface area contributed by atoms with Crippen molar-refractivity contribution in [3.63, 3.8) is 0 Å². The van der Waals surface area contributed by atoms with E-state index in [1.807, 2.05) is 13.0 Å². The molecule has 0 radical (unpaired) electrons. The summed E-state index contributed by atoms with van der Waals surface area (Å²) in [4.78, 5) is 26.7. The number of amides is 1. The fourth-order valence-electron chi connectivity index (χ4n) is 3.31. The number of aryl methyl sites for hydroxylation is 2. The number of halogens is 2. The second-order valence-corrected chi connectivity index (χ2v) is 9.26. The molecule has 4 rings (SSSR count). The molecule has 2 heterocycles. The molecule has 0 saturated heterocycles. The Kier molecular flexibility index (Phi) is 7.31. The minimum Gasteiger partial charge on any atom is -0.441 e. The lowest BCUT2D eigenvalue weighted by molar-refractivity contribution is 0.103. The fourth-order valence-corrected chi connectivity index (χ4v) is 4.81. The number of aromatic nitrogens is 3. The first-order valence-corrected chi connectivity index (χ1v) is 12.0. The van der Waals surface area contributed by atoms with E-state index in [4.69, 9.17) is 27.9 Å². The summed E-state index contributed by atoms with van der Waals surface area (Å²) in [6.45, 7) is 3.65. The number of ketones is 1. The molecule has 0 unspecified atom stereocenters. The second kappa shape index (κ2) is 10.4. The summed E-state index contributed by atoms with van der Waals surface area (Å²) in [5, 5.41) is 12.5. The van der Waals surface area contributed by atoms with Gasteiger partial charge in [-0.1, -0.05) is 42.3 Å². The molecule has 1 amide bonds. The highest BCUT2D eigenvalue weighted by atomic mass is 35.5. The van der Waals surface area contributed by atoms with Crippen LogP contribution in [0.2, 0.25) is 10.0 Å². The van der Waals surface area contributed by atoms with Gasteiger partial charge in [-0.25, -0.2) is 4.79 Å². The third kappa shape index (κ3) is 5.14. The predicted octanol–water partition coefficient (Wildman–Crippen LogP) is 6.49. The van der Waals surface area contributed by atoms with E-state index >= 15 is 0 Å². The van der Waals surface area contributed by atoms with Gasteiger partial charge in [-0.2, -0.15) is 0 Å². The van der Waals surface area contributed by atoms with Crippen LogP contribution in [0.5, 0.6) is 0 Å². The highest BCUT2D eigenvalue weighted by molar-refractivity contribution is 7.15. The first-order valence-electron chi connectivity index (χ1n) is 10.4. The van der Waals surface area contributed by atoms with E-state index < -0.39 is 6.09 Å². The van der Waals surface area contributed by atoms with Crippen molar-refractivity contribution in [1.29, 1.82) is 0 Å². The summed E-state index contributed by atoms with van der Waals surface area (Å²) in [5.74, 6) is 0.757. The van der Waals surface area contributed by atoms with Gasteiger partial charge in [-0.3, -0.25) is 14.7 Å². The topological polar surface area (TPSA) is 86.1 Å². The van der Waals surface area contributed by atoms with Gasteiger partial charge in [-0.05, 0) is 55.8 Å². The van der Waals surface area contributed by atoms with Gasteiger partial charge in [0.15, 0.2) is 18.2 Å². The highest BCUT2D eigenvalue weighted by Gasteiger charge is 2.24. The number of hydrogen-bond donors (Lipinski definition) is 1. The summed E-state index contributed by atoms with van der Waals surface area (Å²) < 4.78 is 7.11. The molecule has 34 heavy (non-hydrogen) atoms. The van der Waals surface area contributed by atoms with Crippen LogP contribution in [0.25, 0.3) is 5.00 Å². The molecule has 1 N–H and O–H groups in total. The van der Waals surface area contributed by atoms with Gasteiger partial charge in [0.05, 0.1) is 10.6 Å². The van der Waals surface area contributed by atoms with Crippen LogP contribution in [0.3, 0.4) is 0 Å². The lowest BCUT2D eigenvalue weighted by Gasteiger charge is -2.11. The molecule has 0 spiro atoms. The normalized spacial score (nSPS) is 10.8. The Bertz CT molecular complexity index is 1350. The van der Waals surface area contributed by atoms with Crippen LogP contribution in [0.1, 0.15) is 39.4 Å². The maximum absolute atomic E-state index is 13.4. The number of thiophene rings is 1. The Labute approximate surface area is 210 Å². The zero-order valence-corrected chi connectivity index (χ0v) is 20.7. The second-order valence-electron chi connectivity index (χ2n) is 7.30. The van der Waals surface area contributed by atoms with Crippen molar-refractivity contribution in [2.75, 3.05) is 5.32 Å². The van der Waals surface area contributed by atoms with E-state index in [1.54, 1.807) is 60.0 Å². The van der Waals surface area contributed by atoms with Crippen molar-refractivity contribution in [3.8, 4) is 5.00 Å². The van der Waals surface area contributed by atoms with Crippen molar-refractivity contribution >= 4 is 52.1 Å². The van der Waals surface area contributed by atoms with Crippen molar-refractivity contribution in [1.82, 2.24) is 14.8 Å². The number of nitrogens with zero attached hydrogens (tertiary/aromatic N) is 3. The van der Waals surface area contributed by atoms with Crippen LogP contribution in [-0.2, 0) is 17.8 Å². The molecule has 2 aromatic heterocycles. The van der Waals surface area contributed by atoms with E-state index in [-0.39, 0.29) is 12.4 Å². The molecule has 2 aromatic carbocycles. The fraction of sp³-hybridized carbons (Fsp3) is 0.167. The average Bonchev–Trinajstić information content (AvgIpc) is 3.42. The predicted molar refractivity (Wildman–Crippen MR) is 133 cm³/mol. The summed E-state index contributed by atoms with van der Waals surface area (Å²) in [5.41, 5.74) is 1.45. The Morgan fingerprint density at radius 2 is 1.79 bits per heavy atom. The molecule has 4 aromatic rings. The van der Waals surface area contributed by atoms with Crippen LogP contribution >= 0.6 is 34.5 Å². The summed E-state index contributed by atoms with van der Waals surface area (Å²) in [6, 6.07) is 15.5. The smallest absolute Gasteiger partial charge is 0.412 e.